The molecule has 0 radical (unpaired) electrons. The van der Waals surface area contributed by atoms with Gasteiger partial charge < -0.3 is 21.9 Å². The van der Waals surface area contributed by atoms with Gasteiger partial charge in [0.15, 0.2) is 0 Å². The molecule has 0 amide bonds. The molecule has 0 aliphatic carbocycles. The largest absolute Gasteiger partial charge is 0.661 e. The van der Waals surface area contributed by atoms with Gasteiger partial charge in [-0.2, -0.15) is 0 Å². The summed E-state index contributed by atoms with van der Waals surface area (Å²) >= 11 is 5.16. The molecule has 20 heavy (non-hydrogen) atoms. The maximum atomic E-state index is 11.7. The van der Waals surface area contributed by atoms with Crippen molar-refractivity contribution in [3.63, 3.8) is 0 Å². The summed E-state index contributed by atoms with van der Waals surface area (Å²) in [5.41, 5.74) is 3.73. The maximum Gasteiger partial charge on any atom is 0.306 e. The smallest absolute Gasteiger partial charge is 0.306 e. The third-order valence-corrected chi connectivity index (χ3v) is 3.88. The molecule has 0 aromatic carbocycles. The number of ether oxygens (including phenoxy) is 1. The monoisotopic (exact) mass is 291 g/mol. The van der Waals surface area contributed by atoms with Crippen LogP contribution in [0.2, 0.25) is 0 Å². The molecule has 0 bridgehead atoms. The third kappa shape index (κ3) is 2.98. The fraction of sp³-hybridized carbons (Fsp3) is 0.467. The van der Waals surface area contributed by atoms with Crippen LogP contribution in [0.1, 0.15) is 45.4 Å². The topological polar surface area (TPSA) is 42.2 Å². The molecule has 2 heterocycles. The Labute approximate surface area is 125 Å². The minimum Gasteiger partial charge on any atom is -0.661 e. The van der Waals surface area contributed by atoms with Crippen LogP contribution in [0.15, 0.2) is 24.0 Å². The van der Waals surface area contributed by atoms with Crippen molar-refractivity contribution in [1.82, 2.24) is 9.29 Å². The van der Waals surface area contributed by atoms with E-state index in [4.69, 9.17) is 17.6 Å². The number of carbonyl (C=O) groups is 1. The third-order valence-electron chi connectivity index (χ3n) is 3.42. The van der Waals surface area contributed by atoms with E-state index in [0.717, 1.165) is 22.7 Å². The summed E-state index contributed by atoms with van der Waals surface area (Å²) in [6.45, 7) is 8.20. The molecule has 5 heteroatoms. The van der Waals surface area contributed by atoms with E-state index in [0.29, 0.717) is 13.0 Å². The number of aromatic nitrogens is 1. The minimum atomic E-state index is -0.363. The Bertz CT molecular complexity index is 567. The lowest BCUT2D eigenvalue weighted by Gasteiger charge is -2.23. The minimum absolute atomic E-state index is 0.198. The molecule has 0 saturated heterocycles. The number of carbonyl (C=O) groups excluding carboxylic acids is 1. The van der Waals surface area contributed by atoms with Crippen molar-refractivity contribution in [3.8, 4) is 0 Å². The first-order valence-electron chi connectivity index (χ1n) is 6.67. The zero-order chi connectivity index (χ0) is 14.9. The van der Waals surface area contributed by atoms with Crippen LogP contribution in [-0.2, 0) is 27.8 Å². The number of esters is 1. The molecule has 0 N–H and O–H groups in total. The Hall–Kier alpha value is -1.49. The van der Waals surface area contributed by atoms with Crippen LogP contribution < -0.4 is 0 Å². The first-order chi connectivity index (χ1) is 9.36. The van der Waals surface area contributed by atoms with Crippen LogP contribution in [0.3, 0.4) is 0 Å². The van der Waals surface area contributed by atoms with Gasteiger partial charge in [0.05, 0.1) is 13.0 Å². The fourth-order valence-electron chi connectivity index (χ4n) is 2.17. The van der Waals surface area contributed by atoms with Crippen LogP contribution in [0.5, 0.6) is 0 Å². The highest BCUT2D eigenvalue weighted by Gasteiger charge is 2.28. The second-order valence-electron chi connectivity index (χ2n) is 5.52. The highest BCUT2D eigenvalue weighted by molar-refractivity contribution is 7.57. The summed E-state index contributed by atoms with van der Waals surface area (Å²) in [5.74, 6) is -0.198. The second kappa shape index (κ2) is 5.48. The summed E-state index contributed by atoms with van der Waals surface area (Å²) in [5, 5.41) is 0. The fourth-order valence-corrected chi connectivity index (χ4v) is 2.45. The molecular formula is C15H19N2O2S-. The summed E-state index contributed by atoms with van der Waals surface area (Å²) in [4.78, 5) is 16.1. The highest BCUT2D eigenvalue weighted by Crippen LogP contribution is 2.39. The molecule has 108 valence electrons. The van der Waals surface area contributed by atoms with Crippen LogP contribution in [0.4, 0.5) is 0 Å². The number of hydrogen-bond acceptors (Lipinski definition) is 5. The van der Waals surface area contributed by atoms with Gasteiger partial charge in [0, 0.05) is 34.3 Å². The summed E-state index contributed by atoms with van der Waals surface area (Å²) in [6.07, 6.45) is 2.08. The van der Waals surface area contributed by atoms with E-state index >= 15 is 0 Å². The van der Waals surface area contributed by atoms with Crippen LogP contribution in [-0.4, -0.2) is 21.9 Å². The van der Waals surface area contributed by atoms with Gasteiger partial charge >= 0.3 is 5.97 Å². The van der Waals surface area contributed by atoms with Crippen molar-refractivity contribution >= 4 is 24.5 Å². The van der Waals surface area contributed by atoms with E-state index in [9.17, 15) is 4.79 Å². The number of pyridine rings is 1. The lowest BCUT2D eigenvalue weighted by atomic mass is 9.84. The molecule has 2 rings (SSSR count). The van der Waals surface area contributed by atoms with Crippen molar-refractivity contribution in [1.29, 1.82) is 0 Å². The van der Waals surface area contributed by atoms with E-state index in [1.54, 1.807) is 10.5 Å². The molecule has 0 fully saturated rings. The second-order valence-corrected chi connectivity index (χ2v) is 5.89. The number of nitrogens with zero attached hydrogens (tertiary/aromatic N) is 2. The van der Waals surface area contributed by atoms with E-state index in [1.807, 2.05) is 39.8 Å². The van der Waals surface area contributed by atoms with Gasteiger partial charge in [0.1, 0.15) is 0 Å². The molecule has 1 aromatic rings. The van der Waals surface area contributed by atoms with E-state index in [1.165, 1.54) is 0 Å². The number of rotatable bonds is 5. The number of allylic oxidation sites excluding steroid dienone is 1. The molecule has 1 aliphatic heterocycles. The van der Waals surface area contributed by atoms with Crippen molar-refractivity contribution in [3.05, 3.63) is 35.3 Å². The van der Waals surface area contributed by atoms with Crippen LogP contribution in [0, 0.1) is 0 Å². The molecular weight excluding hydrogens is 272 g/mol. The molecule has 0 saturated carbocycles. The van der Waals surface area contributed by atoms with Crippen LogP contribution in [0.25, 0.3) is 5.70 Å². The first kappa shape index (κ1) is 14.9. The first-order valence-corrected chi connectivity index (χ1v) is 7.04. The van der Waals surface area contributed by atoms with E-state index in [-0.39, 0.29) is 11.4 Å². The Kier molecular flexibility index (Phi) is 4.09. The Morgan fingerprint density at radius 3 is 2.70 bits per heavy atom. The molecule has 0 unspecified atom stereocenters. The average Bonchev–Trinajstić information content (AvgIpc) is 2.97. The zero-order valence-corrected chi connectivity index (χ0v) is 13.1. The lowest BCUT2D eigenvalue weighted by molar-refractivity contribution is -0.144. The van der Waals surface area contributed by atoms with Gasteiger partial charge in [-0.25, -0.2) is 0 Å². The van der Waals surface area contributed by atoms with Gasteiger partial charge in [0.25, 0.3) is 0 Å². The van der Waals surface area contributed by atoms with Gasteiger partial charge in [-0.3, -0.25) is 9.78 Å². The standard InChI is InChI=1S/C15H19N2O2S/c1-5-19-13(18)9-15(3,4)12-8-11(6-7-16-12)14-10(2)17(14)20/h6-8H,5,9H2,1-4H3/q-1. The Morgan fingerprint density at radius 2 is 2.15 bits per heavy atom. The molecule has 1 aromatic heterocycles. The van der Waals surface area contributed by atoms with Crippen molar-refractivity contribution in [2.75, 3.05) is 6.61 Å². The Balaban J connectivity index is 2.20. The number of hydrogen-bond donors (Lipinski definition) is 0. The molecule has 4 nitrogen and oxygen atoms in total. The summed E-state index contributed by atoms with van der Waals surface area (Å²) in [7, 11) is 0. The van der Waals surface area contributed by atoms with Crippen molar-refractivity contribution in [2.24, 2.45) is 0 Å². The van der Waals surface area contributed by atoms with Gasteiger partial charge in [-0.15, -0.1) is 0 Å². The normalized spacial score (nSPS) is 14.6. The molecule has 0 spiro atoms. The lowest BCUT2D eigenvalue weighted by Crippen LogP contribution is -2.24. The van der Waals surface area contributed by atoms with Crippen molar-refractivity contribution in [2.45, 2.75) is 39.5 Å². The summed E-state index contributed by atoms with van der Waals surface area (Å²) in [6, 6.07) is 3.94. The predicted molar refractivity (Wildman–Crippen MR) is 80.3 cm³/mol. The predicted octanol–water partition coefficient (Wildman–Crippen LogP) is 2.78. The van der Waals surface area contributed by atoms with Crippen LogP contribution >= 0.6 is 0 Å². The van der Waals surface area contributed by atoms with E-state index < -0.39 is 0 Å². The molecule has 0 atom stereocenters. The van der Waals surface area contributed by atoms with Crippen molar-refractivity contribution < 1.29 is 9.53 Å². The highest BCUT2D eigenvalue weighted by atomic mass is 32.1. The summed E-state index contributed by atoms with van der Waals surface area (Å²) < 4.78 is 6.76. The molecule has 1 aliphatic rings. The SMILES string of the molecule is CCOC(=O)CC(C)(C)c1cc(C2=C(C)N2[S-])ccn1. The zero-order valence-electron chi connectivity index (χ0n) is 12.3. The quantitative estimate of drug-likeness (QED) is 0.616. The van der Waals surface area contributed by atoms with Gasteiger partial charge in [-0.05, 0) is 26.0 Å². The van der Waals surface area contributed by atoms with Gasteiger partial charge in [-0.1, -0.05) is 13.8 Å². The van der Waals surface area contributed by atoms with E-state index in [2.05, 4.69) is 4.98 Å². The average molecular weight is 291 g/mol. The van der Waals surface area contributed by atoms with Gasteiger partial charge in [0.2, 0.25) is 0 Å². The maximum absolute atomic E-state index is 11.7. The Morgan fingerprint density at radius 1 is 1.50 bits per heavy atom.